The first kappa shape index (κ1) is 15.0. The highest BCUT2D eigenvalue weighted by molar-refractivity contribution is 5.95. The van der Waals surface area contributed by atoms with E-state index in [0.717, 1.165) is 45.7 Å². The molecular formula is C19H19N3O. The van der Waals surface area contributed by atoms with Gasteiger partial charge in [-0.2, -0.15) is 5.26 Å². The average molecular weight is 305 g/mol. The summed E-state index contributed by atoms with van der Waals surface area (Å²) in [4.78, 5) is 0. The molecule has 1 heterocycles. The first-order chi connectivity index (χ1) is 11.1. The Morgan fingerprint density at radius 1 is 1.22 bits per heavy atom. The van der Waals surface area contributed by atoms with E-state index in [1.54, 1.807) is 7.11 Å². The molecule has 0 amide bonds. The van der Waals surface area contributed by atoms with Crippen LogP contribution in [0.2, 0.25) is 0 Å². The molecule has 0 spiro atoms. The second kappa shape index (κ2) is 5.69. The Labute approximate surface area is 135 Å². The smallest absolute Gasteiger partial charge is 0.120 e. The molecule has 2 N–H and O–H groups in total. The van der Waals surface area contributed by atoms with Crippen molar-refractivity contribution in [1.29, 1.82) is 5.26 Å². The number of fused-ring (bicyclic) bond motifs is 1. The standard InChI is InChI=1S/C19H19N3O/c1-4-22-18-10-14(23-3)6-7-15(18)16(11-20)19(22)13-5-8-17(21)12(2)9-13/h5-10H,4,21H2,1-3H3. The summed E-state index contributed by atoms with van der Waals surface area (Å²) in [7, 11) is 1.65. The highest BCUT2D eigenvalue weighted by Crippen LogP contribution is 2.36. The zero-order valence-corrected chi connectivity index (χ0v) is 13.6. The van der Waals surface area contributed by atoms with Crippen LogP contribution in [0.1, 0.15) is 18.1 Å². The summed E-state index contributed by atoms with van der Waals surface area (Å²) in [6.45, 7) is 4.82. The number of nitrogens with two attached hydrogens (primary N) is 1. The van der Waals surface area contributed by atoms with Gasteiger partial charge in [0.15, 0.2) is 0 Å². The van der Waals surface area contributed by atoms with Gasteiger partial charge in [-0.05, 0) is 49.2 Å². The van der Waals surface area contributed by atoms with E-state index in [9.17, 15) is 5.26 Å². The quantitative estimate of drug-likeness (QED) is 0.741. The molecule has 0 unspecified atom stereocenters. The zero-order valence-electron chi connectivity index (χ0n) is 13.6. The van der Waals surface area contributed by atoms with Crippen LogP contribution in [-0.2, 0) is 6.54 Å². The Bertz CT molecular complexity index is 932. The molecule has 1 aromatic heterocycles. The van der Waals surface area contributed by atoms with E-state index in [4.69, 9.17) is 10.5 Å². The number of ether oxygens (including phenoxy) is 1. The topological polar surface area (TPSA) is 64.0 Å². The molecule has 4 heteroatoms. The summed E-state index contributed by atoms with van der Waals surface area (Å²) in [6.07, 6.45) is 0. The van der Waals surface area contributed by atoms with Gasteiger partial charge in [0.2, 0.25) is 0 Å². The van der Waals surface area contributed by atoms with Gasteiger partial charge in [0, 0.05) is 23.7 Å². The van der Waals surface area contributed by atoms with Crippen molar-refractivity contribution in [2.75, 3.05) is 12.8 Å². The van der Waals surface area contributed by atoms with E-state index >= 15 is 0 Å². The van der Waals surface area contributed by atoms with Crippen LogP contribution in [0.15, 0.2) is 36.4 Å². The lowest BCUT2D eigenvalue weighted by molar-refractivity contribution is 0.415. The lowest BCUT2D eigenvalue weighted by Crippen LogP contribution is -1.99. The summed E-state index contributed by atoms with van der Waals surface area (Å²) < 4.78 is 7.49. The van der Waals surface area contributed by atoms with Crippen molar-refractivity contribution in [3.05, 3.63) is 47.5 Å². The Hall–Kier alpha value is -2.93. The van der Waals surface area contributed by atoms with Crippen LogP contribution in [0.25, 0.3) is 22.2 Å². The van der Waals surface area contributed by atoms with Gasteiger partial charge in [-0.3, -0.25) is 0 Å². The maximum atomic E-state index is 9.72. The largest absolute Gasteiger partial charge is 0.497 e. The van der Waals surface area contributed by atoms with Gasteiger partial charge in [0.1, 0.15) is 11.8 Å². The van der Waals surface area contributed by atoms with E-state index in [1.165, 1.54) is 0 Å². The summed E-state index contributed by atoms with van der Waals surface area (Å²) in [6, 6.07) is 14.1. The number of anilines is 1. The number of rotatable bonds is 3. The molecule has 0 aliphatic carbocycles. The molecule has 0 atom stereocenters. The van der Waals surface area contributed by atoms with Crippen molar-refractivity contribution >= 4 is 16.6 Å². The second-order valence-electron chi connectivity index (χ2n) is 5.53. The number of nitrogens with zero attached hydrogens (tertiary/aromatic N) is 2. The number of aryl methyl sites for hydroxylation is 2. The Morgan fingerprint density at radius 2 is 2.00 bits per heavy atom. The minimum Gasteiger partial charge on any atom is -0.497 e. The molecule has 3 aromatic rings. The molecule has 23 heavy (non-hydrogen) atoms. The van der Waals surface area contributed by atoms with Gasteiger partial charge in [0.05, 0.1) is 23.9 Å². The van der Waals surface area contributed by atoms with Gasteiger partial charge >= 0.3 is 0 Å². The normalized spacial score (nSPS) is 10.7. The summed E-state index contributed by atoms with van der Waals surface area (Å²) in [5.74, 6) is 0.786. The van der Waals surface area contributed by atoms with E-state index in [1.807, 2.05) is 43.3 Å². The number of nitrogen functional groups attached to an aromatic ring is 1. The van der Waals surface area contributed by atoms with Crippen LogP contribution in [0.3, 0.4) is 0 Å². The molecule has 0 fully saturated rings. The molecule has 3 rings (SSSR count). The first-order valence-corrected chi connectivity index (χ1v) is 7.57. The molecule has 2 aromatic carbocycles. The van der Waals surface area contributed by atoms with Crippen molar-refractivity contribution in [3.63, 3.8) is 0 Å². The SMILES string of the molecule is CCn1c(-c2ccc(N)c(C)c2)c(C#N)c2ccc(OC)cc21. The average Bonchev–Trinajstić information content (AvgIpc) is 2.89. The summed E-state index contributed by atoms with van der Waals surface area (Å²) in [5.41, 5.74) is 11.3. The highest BCUT2D eigenvalue weighted by Gasteiger charge is 2.18. The van der Waals surface area contributed by atoms with Crippen LogP contribution in [0, 0.1) is 18.3 Å². The van der Waals surface area contributed by atoms with Crippen molar-refractivity contribution in [2.45, 2.75) is 20.4 Å². The maximum absolute atomic E-state index is 9.72. The molecule has 0 bridgehead atoms. The summed E-state index contributed by atoms with van der Waals surface area (Å²) >= 11 is 0. The second-order valence-corrected chi connectivity index (χ2v) is 5.53. The van der Waals surface area contributed by atoms with Gasteiger partial charge in [-0.25, -0.2) is 0 Å². The summed E-state index contributed by atoms with van der Waals surface area (Å²) in [5, 5.41) is 10.7. The van der Waals surface area contributed by atoms with Crippen molar-refractivity contribution in [1.82, 2.24) is 4.57 Å². The lowest BCUT2D eigenvalue weighted by Gasteiger charge is -2.10. The molecule has 0 saturated carbocycles. The Kier molecular flexibility index (Phi) is 3.71. The van der Waals surface area contributed by atoms with Crippen molar-refractivity contribution in [2.24, 2.45) is 0 Å². The third kappa shape index (κ3) is 2.31. The molecule has 4 nitrogen and oxygen atoms in total. The number of nitriles is 1. The highest BCUT2D eigenvalue weighted by atomic mass is 16.5. The third-order valence-corrected chi connectivity index (χ3v) is 4.24. The van der Waals surface area contributed by atoms with Crippen molar-refractivity contribution < 1.29 is 4.74 Å². The predicted octanol–water partition coefficient (Wildman–Crippen LogP) is 4.10. The molecule has 0 radical (unpaired) electrons. The monoisotopic (exact) mass is 305 g/mol. The zero-order chi connectivity index (χ0) is 16.6. The number of aromatic nitrogens is 1. The fraction of sp³-hybridized carbons (Fsp3) is 0.211. The van der Waals surface area contributed by atoms with E-state index in [2.05, 4.69) is 17.6 Å². The number of methoxy groups -OCH3 is 1. The fourth-order valence-electron chi connectivity index (χ4n) is 3.02. The predicted molar refractivity (Wildman–Crippen MR) is 93.5 cm³/mol. The maximum Gasteiger partial charge on any atom is 0.120 e. The molecule has 0 aliphatic heterocycles. The van der Waals surface area contributed by atoms with Crippen LogP contribution in [0.4, 0.5) is 5.69 Å². The first-order valence-electron chi connectivity index (χ1n) is 7.57. The lowest BCUT2D eigenvalue weighted by atomic mass is 10.0. The Balaban J connectivity index is 2.39. The fourth-order valence-corrected chi connectivity index (χ4v) is 3.02. The molecule has 116 valence electrons. The number of hydrogen-bond donors (Lipinski definition) is 1. The Morgan fingerprint density at radius 3 is 2.61 bits per heavy atom. The van der Waals surface area contributed by atoms with Gasteiger partial charge < -0.3 is 15.0 Å². The van der Waals surface area contributed by atoms with Crippen LogP contribution in [-0.4, -0.2) is 11.7 Å². The van der Waals surface area contributed by atoms with E-state index in [0.29, 0.717) is 5.56 Å². The van der Waals surface area contributed by atoms with Crippen LogP contribution >= 0.6 is 0 Å². The van der Waals surface area contributed by atoms with Gasteiger partial charge in [-0.1, -0.05) is 6.07 Å². The number of benzene rings is 2. The van der Waals surface area contributed by atoms with Crippen LogP contribution in [0.5, 0.6) is 5.75 Å². The molecule has 0 saturated heterocycles. The minimum absolute atomic E-state index is 0.689. The van der Waals surface area contributed by atoms with Crippen LogP contribution < -0.4 is 10.5 Å². The minimum atomic E-state index is 0.689. The number of hydrogen-bond acceptors (Lipinski definition) is 3. The third-order valence-electron chi connectivity index (χ3n) is 4.24. The molecule has 0 aliphatic rings. The van der Waals surface area contributed by atoms with Crippen molar-refractivity contribution in [3.8, 4) is 23.1 Å². The van der Waals surface area contributed by atoms with Gasteiger partial charge in [0.25, 0.3) is 0 Å². The van der Waals surface area contributed by atoms with E-state index in [-0.39, 0.29) is 0 Å². The molecular weight excluding hydrogens is 286 g/mol. The van der Waals surface area contributed by atoms with Gasteiger partial charge in [-0.15, -0.1) is 0 Å². The van der Waals surface area contributed by atoms with E-state index < -0.39 is 0 Å².